The summed E-state index contributed by atoms with van der Waals surface area (Å²) in [5, 5.41) is 2.26. The maximum atomic E-state index is 12.9. The summed E-state index contributed by atoms with van der Waals surface area (Å²) in [6.45, 7) is 0.254. The first-order valence-electron chi connectivity index (χ1n) is 4.70. The topological polar surface area (TPSA) is 55.1 Å². The number of alkyl halides is 3. The molecule has 0 aliphatic heterocycles. The minimum atomic E-state index is -4.69. The summed E-state index contributed by atoms with van der Waals surface area (Å²) in [7, 11) is 0. The van der Waals surface area contributed by atoms with E-state index < -0.39 is 23.5 Å². The molecule has 0 saturated heterocycles. The number of carbonyl (C=O) groups is 1. The zero-order valence-electron chi connectivity index (χ0n) is 8.64. The van der Waals surface area contributed by atoms with Crippen molar-refractivity contribution in [2.45, 2.75) is 6.18 Å². The van der Waals surface area contributed by atoms with E-state index in [1.807, 2.05) is 0 Å². The Labute approximate surface area is 94.6 Å². The maximum absolute atomic E-state index is 12.9. The van der Waals surface area contributed by atoms with Gasteiger partial charge in [0.1, 0.15) is 5.82 Å². The van der Waals surface area contributed by atoms with E-state index >= 15 is 0 Å². The van der Waals surface area contributed by atoms with Gasteiger partial charge in [0.15, 0.2) is 0 Å². The number of amides is 1. The highest BCUT2D eigenvalue weighted by Gasteiger charge is 2.31. The second kappa shape index (κ2) is 5.13. The smallest absolute Gasteiger partial charge is 0.351 e. The second-order valence-electron chi connectivity index (χ2n) is 3.27. The molecule has 0 fully saturated rings. The summed E-state index contributed by atoms with van der Waals surface area (Å²) in [5.74, 6) is -1.90. The SMILES string of the molecule is NCCNC(=O)c1cc(F)cc(C(F)(F)F)c1. The monoisotopic (exact) mass is 250 g/mol. The van der Waals surface area contributed by atoms with Gasteiger partial charge in [-0.15, -0.1) is 0 Å². The first kappa shape index (κ1) is 13.4. The van der Waals surface area contributed by atoms with Crippen LogP contribution in [0, 0.1) is 5.82 Å². The van der Waals surface area contributed by atoms with Gasteiger partial charge >= 0.3 is 6.18 Å². The average Bonchev–Trinajstić information content (AvgIpc) is 2.23. The Hall–Kier alpha value is -1.63. The van der Waals surface area contributed by atoms with Crippen LogP contribution in [0.15, 0.2) is 18.2 Å². The molecule has 0 aliphatic rings. The largest absolute Gasteiger partial charge is 0.416 e. The molecule has 0 radical (unpaired) electrons. The molecule has 1 amide bonds. The van der Waals surface area contributed by atoms with E-state index in [0.29, 0.717) is 12.1 Å². The lowest BCUT2D eigenvalue weighted by Crippen LogP contribution is -2.29. The van der Waals surface area contributed by atoms with Crippen molar-refractivity contribution in [3.05, 3.63) is 35.1 Å². The normalized spacial score (nSPS) is 11.4. The van der Waals surface area contributed by atoms with Gasteiger partial charge in [-0.3, -0.25) is 4.79 Å². The molecule has 1 aromatic carbocycles. The highest BCUT2D eigenvalue weighted by Crippen LogP contribution is 2.30. The summed E-state index contributed by atoms with van der Waals surface area (Å²) in [5.41, 5.74) is 3.53. The van der Waals surface area contributed by atoms with E-state index in [0.717, 1.165) is 6.07 Å². The van der Waals surface area contributed by atoms with Crippen molar-refractivity contribution in [1.82, 2.24) is 5.32 Å². The van der Waals surface area contributed by atoms with Gasteiger partial charge in [0.05, 0.1) is 5.56 Å². The summed E-state index contributed by atoms with van der Waals surface area (Å²) < 4.78 is 50.0. The molecule has 1 aromatic rings. The van der Waals surface area contributed by atoms with Gasteiger partial charge in [0.2, 0.25) is 0 Å². The predicted octanol–water partition coefficient (Wildman–Crippen LogP) is 1.53. The fraction of sp³-hybridized carbons (Fsp3) is 0.300. The van der Waals surface area contributed by atoms with E-state index in [1.54, 1.807) is 0 Å². The van der Waals surface area contributed by atoms with Crippen molar-refractivity contribution in [3.63, 3.8) is 0 Å². The number of halogens is 4. The molecular formula is C10H10F4N2O. The quantitative estimate of drug-likeness (QED) is 0.799. The molecule has 0 atom stereocenters. The minimum Gasteiger partial charge on any atom is -0.351 e. The molecule has 0 unspecified atom stereocenters. The zero-order valence-corrected chi connectivity index (χ0v) is 8.64. The molecule has 1 rings (SSSR count). The number of benzene rings is 1. The lowest BCUT2D eigenvalue weighted by Gasteiger charge is -2.09. The Morgan fingerprint density at radius 2 is 1.94 bits per heavy atom. The number of rotatable bonds is 3. The average molecular weight is 250 g/mol. The first-order valence-corrected chi connectivity index (χ1v) is 4.70. The van der Waals surface area contributed by atoms with Gasteiger partial charge in [-0.25, -0.2) is 4.39 Å². The van der Waals surface area contributed by atoms with Crippen molar-refractivity contribution in [2.24, 2.45) is 5.73 Å². The predicted molar refractivity (Wildman–Crippen MR) is 52.8 cm³/mol. The van der Waals surface area contributed by atoms with Crippen LogP contribution in [0.25, 0.3) is 0 Å². The van der Waals surface area contributed by atoms with Gasteiger partial charge in [0, 0.05) is 18.7 Å². The van der Waals surface area contributed by atoms with E-state index in [2.05, 4.69) is 5.32 Å². The summed E-state index contributed by atoms with van der Waals surface area (Å²) >= 11 is 0. The van der Waals surface area contributed by atoms with Crippen molar-refractivity contribution in [2.75, 3.05) is 13.1 Å². The first-order chi connectivity index (χ1) is 7.84. The zero-order chi connectivity index (χ0) is 13.1. The molecule has 3 N–H and O–H groups in total. The standard InChI is InChI=1S/C10H10F4N2O/c11-8-4-6(9(17)16-2-1-15)3-7(5-8)10(12,13)14/h3-5H,1-2,15H2,(H,16,17). The Morgan fingerprint density at radius 3 is 2.47 bits per heavy atom. The summed E-state index contributed by atoms with van der Waals surface area (Å²) in [6, 6.07) is 1.66. The Bertz CT molecular complexity index is 417. The summed E-state index contributed by atoms with van der Waals surface area (Å²) in [6.07, 6.45) is -4.69. The van der Waals surface area contributed by atoms with Crippen LogP contribution in [0.2, 0.25) is 0 Å². The Kier molecular flexibility index (Phi) is 4.06. The van der Waals surface area contributed by atoms with E-state index in [4.69, 9.17) is 5.73 Å². The lowest BCUT2D eigenvalue weighted by molar-refractivity contribution is -0.137. The molecule has 0 heterocycles. The third-order valence-electron chi connectivity index (χ3n) is 1.92. The van der Waals surface area contributed by atoms with Crippen LogP contribution in [-0.4, -0.2) is 19.0 Å². The van der Waals surface area contributed by atoms with Crippen molar-refractivity contribution >= 4 is 5.91 Å². The molecule has 0 bridgehead atoms. The van der Waals surface area contributed by atoms with Crippen molar-refractivity contribution in [3.8, 4) is 0 Å². The number of nitrogens with one attached hydrogen (secondary N) is 1. The molecule has 7 heteroatoms. The minimum absolute atomic E-state index is 0.108. The molecule has 0 aliphatic carbocycles. The highest BCUT2D eigenvalue weighted by molar-refractivity contribution is 5.94. The van der Waals surface area contributed by atoms with Gasteiger partial charge in [0.25, 0.3) is 5.91 Å². The maximum Gasteiger partial charge on any atom is 0.416 e. The van der Waals surface area contributed by atoms with Crippen LogP contribution in [-0.2, 0) is 6.18 Å². The number of hydrogen-bond donors (Lipinski definition) is 2. The molecule has 0 aromatic heterocycles. The lowest BCUT2D eigenvalue weighted by atomic mass is 10.1. The fourth-order valence-corrected chi connectivity index (χ4v) is 1.17. The Morgan fingerprint density at radius 1 is 1.29 bits per heavy atom. The number of hydrogen-bond acceptors (Lipinski definition) is 2. The van der Waals surface area contributed by atoms with Crippen LogP contribution >= 0.6 is 0 Å². The van der Waals surface area contributed by atoms with Crippen molar-refractivity contribution < 1.29 is 22.4 Å². The second-order valence-corrected chi connectivity index (χ2v) is 3.27. The molecule has 3 nitrogen and oxygen atoms in total. The molecule has 0 saturated carbocycles. The van der Waals surface area contributed by atoms with Crippen LogP contribution in [0.5, 0.6) is 0 Å². The fourth-order valence-electron chi connectivity index (χ4n) is 1.17. The molecular weight excluding hydrogens is 240 g/mol. The van der Waals surface area contributed by atoms with Crippen molar-refractivity contribution in [1.29, 1.82) is 0 Å². The van der Waals surface area contributed by atoms with E-state index in [9.17, 15) is 22.4 Å². The van der Waals surface area contributed by atoms with Crippen LogP contribution < -0.4 is 11.1 Å². The molecule has 94 valence electrons. The van der Waals surface area contributed by atoms with Crippen LogP contribution in [0.4, 0.5) is 17.6 Å². The summed E-state index contributed by atoms with van der Waals surface area (Å²) in [4.78, 5) is 11.3. The van der Waals surface area contributed by atoms with E-state index in [1.165, 1.54) is 0 Å². The number of carbonyl (C=O) groups excluding carboxylic acids is 1. The number of nitrogens with two attached hydrogens (primary N) is 1. The molecule has 17 heavy (non-hydrogen) atoms. The highest BCUT2D eigenvalue weighted by atomic mass is 19.4. The Balaban J connectivity index is 3.01. The van der Waals surface area contributed by atoms with Crippen LogP contribution in [0.3, 0.4) is 0 Å². The van der Waals surface area contributed by atoms with Gasteiger partial charge in [-0.1, -0.05) is 0 Å². The van der Waals surface area contributed by atoms with Gasteiger partial charge < -0.3 is 11.1 Å². The van der Waals surface area contributed by atoms with Gasteiger partial charge in [-0.05, 0) is 18.2 Å². The van der Waals surface area contributed by atoms with Gasteiger partial charge in [-0.2, -0.15) is 13.2 Å². The molecule has 0 spiro atoms. The van der Waals surface area contributed by atoms with Crippen LogP contribution in [0.1, 0.15) is 15.9 Å². The third kappa shape index (κ3) is 3.70. The third-order valence-corrected chi connectivity index (χ3v) is 1.92. The van der Waals surface area contributed by atoms with E-state index in [-0.39, 0.29) is 18.7 Å².